The van der Waals surface area contributed by atoms with Gasteiger partial charge in [0.1, 0.15) is 0 Å². The highest BCUT2D eigenvalue weighted by Gasteiger charge is 2.09. The van der Waals surface area contributed by atoms with Crippen molar-refractivity contribution in [2.75, 3.05) is 13.1 Å². The minimum atomic E-state index is -0.0426. The Balaban J connectivity index is 2.49. The van der Waals surface area contributed by atoms with E-state index in [0.29, 0.717) is 12.5 Å². The first-order valence-corrected chi connectivity index (χ1v) is 7.05. The van der Waals surface area contributed by atoms with E-state index in [1.165, 1.54) is 5.56 Å². The maximum Gasteiger partial charge on any atom is 0.234 e. The number of amides is 1. The van der Waals surface area contributed by atoms with Gasteiger partial charge in [0.15, 0.2) is 0 Å². The fraction of sp³-hybridized carbons (Fsp3) is 0.471. The van der Waals surface area contributed by atoms with Gasteiger partial charge >= 0.3 is 0 Å². The van der Waals surface area contributed by atoms with Crippen molar-refractivity contribution in [1.29, 1.82) is 0 Å². The third-order valence-electron chi connectivity index (χ3n) is 3.01. The summed E-state index contributed by atoms with van der Waals surface area (Å²) in [6, 6.07) is 8.43. The lowest BCUT2D eigenvalue weighted by molar-refractivity contribution is -0.120. The summed E-state index contributed by atoms with van der Waals surface area (Å²) in [6.45, 7) is 7.06. The van der Waals surface area contributed by atoms with Gasteiger partial charge in [-0.25, -0.2) is 0 Å². The summed E-state index contributed by atoms with van der Waals surface area (Å²) in [4.78, 5) is 11.7. The number of rotatable bonds is 7. The lowest BCUT2D eigenvalue weighted by Crippen LogP contribution is -2.35. The molecule has 1 rings (SSSR count). The second-order valence-electron chi connectivity index (χ2n) is 5.44. The molecule has 3 nitrogen and oxygen atoms in total. The number of hydrogen-bond acceptors (Lipinski definition) is 2. The second-order valence-corrected chi connectivity index (χ2v) is 5.44. The Morgan fingerprint density at radius 1 is 1.25 bits per heavy atom. The second kappa shape index (κ2) is 8.39. The molecule has 1 aromatic rings. The van der Waals surface area contributed by atoms with Crippen LogP contribution >= 0.6 is 0 Å². The van der Waals surface area contributed by atoms with Crippen LogP contribution in [0.4, 0.5) is 0 Å². The third-order valence-corrected chi connectivity index (χ3v) is 3.01. The predicted octanol–water partition coefficient (Wildman–Crippen LogP) is 2.29. The van der Waals surface area contributed by atoms with Crippen molar-refractivity contribution in [3.05, 3.63) is 35.4 Å². The van der Waals surface area contributed by atoms with Gasteiger partial charge in [-0.3, -0.25) is 10.1 Å². The average Bonchev–Trinajstić information content (AvgIpc) is 2.39. The van der Waals surface area contributed by atoms with E-state index in [0.717, 1.165) is 12.0 Å². The molecule has 0 aromatic heterocycles. The van der Waals surface area contributed by atoms with Gasteiger partial charge in [0, 0.05) is 0 Å². The molecule has 1 aromatic carbocycles. The van der Waals surface area contributed by atoms with Crippen molar-refractivity contribution in [2.45, 2.75) is 33.2 Å². The molecule has 0 aliphatic rings. The van der Waals surface area contributed by atoms with Crippen molar-refractivity contribution in [3.8, 4) is 12.3 Å². The number of carbonyl (C=O) groups is 1. The lowest BCUT2D eigenvalue weighted by atomic mass is 10.00. The summed E-state index contributed by atoms with van der Waals surface area (Å²) in [7, 11) is 0. The number of benzene rings is 1. The minimum Gasteiger partial charge on any atom is -0.348 e. The zero-order chi connectivity index (χ0) is 15.0. The van der Waals surface area contributed by atoms with Gasteiger partial charge in [0.05, 0.1) is 19.1 Å². The van der Waals surface area contributed by atoms with Gasteiger partial charge in [-0.1, -0.05) is 44.0 Å². The highest BCUT2D eigenvalue weighted by Crippen LogP contribution is 2.15. The van der Waals surface area contributed by atoms with Crippen LogP contribution in [0.1, 0.15) is 37.9 Å². The van der Waals surface area contributed by atoms with Crippen molar-refractivity contribution < 1.29 is 4.79 Å². The van der Waals surface area contributed by atoms with E-state index in [2.05, 4.69) is 54.7 Å². The quantitative estimate of drug-likeness (QED) is 0.590. The minimum absolute atomic E-state index is 0.00300. The van der Waals surface area contributed by atoms with Gasteiger partial charge in [-0.05, 0) is 30.4 Å². The Morgan fingerprint density at radius 3 is 2.45 bits per heavy atom. The van der Waals surface area contributed by atoms with Crippen molar-refractivity contribution in [2.24, 2.45) is 5.92 Å². The molecule has 0 aliphatic carbocycles. The SMILES string of the molecule is C#CCNCC(=O)NC(C)c1ccc(CC(C)C)cc1. The molecule has 0 saturated carbocycles. The number of nitrogens with one attached hydrogen (secondary N) is 2. The highest BCUT2D eigenvalue weighted by atomic mass is 16.1. The van der Waals surface area contributed by atoms with Crippen LogP contribution in [0.25, 0.3) is 0 Å². The average molecular weight is 272 g/mol. The zero-order valence-corrected chi connectivity index (χ0v) is 12.6. The molecule has 108 valence electrons. The molecule has 20 heavy (non-hydrogen) atoms. The van der Waals surface area contributed by atoms with Gasteiger partial charge in [-0.15, -0.1) is 6.42 Å². The Kier molecular flexibility index (Phi) is 6.83. The van der Waals surface area contributed by atoms with E-state index in [4.69, 9.17) is 6.42 Å². The Hall–Kier alpha value is -1.79. The van der Waals surface area contributed by atoms with Gasteiger partial charge in [-0.2, -0.15) is 0 Å². The summed E-state index contributed by atoms with van der Waals surface area (Å²) in [5.41, 5.74) is 2.45. The topological polar surface area (TPSA) is 41.1 Å². The maximum absolute atomic E-state index is 11.7. The van der Waals surface area contributed by atoms with Crippen LogP contribution in [-0.4, -0.2) is 19.0 Å². The number of hydrogen-bond donors (Lipinski definition) is 2. The summed E-state index contributed by atoms with van der Waals surface area (Å²) in [6.07, 6.45) is 6.19. The molecule has 1 unspecified atom stereocenters. The van der Waals surface area contributed by atoms with E-state index in [-0.39, 0.29) is 18.5 Å². The van der Waals surface area contributed by atoms with Gasteiger partial charge in [0.2, 0.25) is 5.91 Å². The molecule has 2 N–H and O–H groups in total. The molecule has 0 spiro atoms. The molecular formula is C17H24N2O. The van der Waals surface area contributed by atoms with Crippen LogP contribution in [0.15, 0.2) is 24.3 Å². The summed E-state index contributed by atoms with van der Waals surface area (Å²) < 4.78 is 0. The van der Waals surface area contributed by atoms with Crippen molar-refractivity contribution in [3.63, 3.8) is 0 Å². The monoisotopic (exact) mass is 272 g/mol. The summed E-state index contributed by atoms with van der Waals surface area (Å²) in [5.74, 6) is 3.05. The van der Waals surface area contributed by atoms with E-state index in [1.54, 1.807) is 0 Å². The van der Waals surface area contributed by atoms with Gasteiger partial charge < -0.3 is 5.32 Å². The maximum atomic E-state index is 11.7. The first-order valence-electron chi connectivity index (χ1n) is 7.05. The molecular weight excluding hydrogens is 248 g/mol. The number of terminal acetylenes is 1. The largest absolute Gasteiger partial charge is 0.348 e. The smallest absolute Gasteiger partial charge is 0.234 e. The normalized spacial score (nSPS) is 11.9. The fourth-order valence-electron chi connectivity index (χ4n) is 2.04. The third kappa shape index (κ3) is 5.90. The standard InChI is InChI=1S/C17H24N2O/c1-5-10-18-12-17(20)19-14(4)16-8-6-15(7-9-16)11-13(2)3/h1,6-9,13-14,18H,10-12H2,2-4H3,(H,19,20). The van der Waals surface area contributed by atoms with Crippen LogP contribution in [0, 0.1) is 18.3 Å². The molecule has 0 bridgehead atoms. The van der Waals surface area contributed by atoms with E-state index in [9.17, 15) is 4.79 Å². The Morgan fingerprint density at radius 2 is 1.90 bits per heavy atom. The van der Waals surface area contributed by atoms with E-state index >= 15 is 0 Å². The Labute approximate surface area is 122 Å². The number of carbonyl (C=O) groups excluding carboxylic acids is 1. The summed E-state index contributed by atoms with van der Waals surface area (Å²) in [5, 5.41) is 5.82. The van der Waals surface area contributed by atoms with Crippen LogP contribution in [0.3, 0.4) is 0 Å². The Bertz CT molecular complexity index is 457. The van der Waals surface area contributed by atoms with Crippen molar-refractivity contribution >= 4 is 5.91 Å². The first kappa shape index (κ1) is 16.3. The van der Waals surface area contributed by atoms with E-state index in [1.807, 2.05) is 6.92 Å². The van der Waals surface area contributed by atoms with Crippen LogP contribution in [-0.2, 0) is 11.2 Å². The van der Waals surface area contributed by atoms with Gasteiger partial charge in [0.25, 0.3) is 0 Å². The summed E-state index contributed by atoms with van der Waals surface area (Å²) >= 11 is 0. The van der Waals surface area contributed by atoms with E-state index < -0.39 is 0 Å². The molecule has 0 radical (unpaired) electrons. The molecule has 0 heterocycles. The van der Waals surface area contributed by atoms with Crippen LogP contribution in [0.2, 0.25) is 0 Å². The van der Waals surface area contributed by atoms with Crippen LogP contribution < -0.4 is 10.6 Å². The van der Waals surface area contributed by atoms with Crippen LogP contribution in [0.5, 0.6) is 0 Å². The van der Waals surface area contributed by atoms with Crippen molar-refractivity contribution in [1.82, 2.24) is 10.6 Å². The molecule has 0 saturated heterocycles. The highest BCUT2D eigenvalue weighted by molar-refractivity contribution is 5.78. The zero-order valence-electron chi connectivity index (χ0n) is 12.6. The molecule has 3 heteroatoms. The fourth-order valence-corrected chi connectivity index (χ4v) is 2.04. The molecule has 0 fully saturated rings. The molecule has 0 aliphatic heterocycles. The predicted molar refractivity (Wildman–Crippen MR) is 83.2 cm³/mol. The molecule has 1 atom stereocenters. The molecule has 1 amide bonds. The lowest BCUT2D eigenvalue weighted by Gasteiger charge is -2.15. The first-order chi connectivity index (χ1) is 9.52.